The van der Waals surface area contributed by atoms with Crippen LogP contribution in [-0.4, -0.2) is 28.5 Å². The van der Waals surface area contributed by atoms with E-state index in [1.54, 1.807) is 26.0 Å². The first-order chi connectivity index (χ1) is 10.1. The first kappa shape index (κ1) is 19.4. The van der Waals surface area contributed by atoms with E-state index in [-0.39, 0.29) is 5.78 Å². The number of benzene rings is 1. The monoisotopic (exact) mass is 369 g/mol. The van der Waals surface area contributed by atoms with Gasteiger partial charge in [0.2, 0.25) is 0 Å². The molecule has 0 heterocycles. The number of carbonyl (C=O) groups is 1. The molecule has 0 N–H and O–H groups in total. The standard InChI is InChI=1S/C14H15ClF3NOS2/c1-8-4-11(15)12(19-10(3)21-6-9(2)20)5-13(8)22-7-14(16,17)18/h4-5H,6-7H2,1-3H3. The van der Waals surface area contributed by atoms with Crippen LogP contribution < -0.4 is 0 Å². The summed E-state index contributed by atoms with van der Waals surface area (Å²) in [5.41, 5.74) is 1.08. The van der Waals surface area contributed by atoms with Crippen molar-refractivity contribution in [3.05, 3.63) is 22.7 Å². The van der Waals surface area contributed by atoms with Gasteiger partial charge in [-0.3, -0.25) is 4.79 Å². The molecule has 0 saturated heterocycles. The van der Waals surface area contributed by atoms with E-state index in [0.717, 1.165) is 0 Å². The molecule has 0 saturated carbocycles. The van der Waals surface area contributed by atoms with Gasteiger partial charge >= 0.3 is 6.18 Å². The van der Waals surface area contributed by atoms with Crippen LogP contribution >= 0.6 is 35.1 Å². The Balaban J connectivity index is 2.95. The highest BCUT2D eigenvalue weighted by molar-refractivity contribution is 8.14. The van der Waals surface area contributed by atoms with Crippen LogP contribution in [0, 0.1) is 6.92 Å². The molecule has 2 nitrogen and oxygen atoms in total. The van der Waals surface area contributed by atoms with Crippen LogP contribution in [0.1, 0.15) is 19.4 Å². The van der Waals surface area contributed by atoms with E-state index in [9.17, 15) is 18.0 Å². The molecule has 22 heavy (non-hydrogen) atoms. The molecule has 0 aliphatic carbocycles. The Morgan fingerprint density at radius 2 is 1.95 bits per heavy atom. The third-order valence-corrected chi connectivity index (χ3v) is 4.98. The zero-order valence-electron chi connectivity index (χ0n) is 12.3. The lowest BCUT2D eigenvalue weighted by Crippen LogP contribution is -2.10. The Morgan fingerprint density at radius 3 is 2.50 bits per heavy atom. The van der Waals surface area contributed by atoms with Crippen molar-refractivity contribution in [1.82, 2.24) is 0 Å². The molecule has 0 aromatic heterocycles. The van der Waals surface area contributed by atoms with Gasteiger partial charge in [-0.15, -0.1) is 23.5 Å². The van der Waals surface area contributed by atoms with Crippen LogP contribution in [0.5, 0.6) is 0 Å². The summed E-state index contributed by atoms with van der Waals surface area (Å²) in [7, 11) is 0. The normalized spacial score (nSPS) is 12.6. The maximum atomic E-state index is 12.3. The summed E-state index contributed by atoms with van der Waals surface area (Å²) in [5.74, 6) is -0.637. The number of rotatable bonds is 5. The summed E-state index contributed by atoms with van der Waals surface area (Å²) < 4.78 is 37.0. The van der Waals surface area contributed by atoms with E-state index in [0.29, 0.717) is 43.7 Å². The van der Waals surface area contributed by atoms with Crippen molar-refractivity contribution in [2.45, 2.75) is 31.8 Å². The second-order valence-corrected chi connectivity index (χ2v) is 7.19. The molecule has 0 unspecified atom stereocenters. The van der Waals surface area contributed by atoms with E-state index in [1.165, 1.54) is 18.7 Å². The summed E-state index contributed by atoms with van der Waals surface area (Å²) in [6.45, 7) is 4.91. The van der Waals surface area contributed by atoms with Crippen LogP contribution in [0.2, 0.25) is 5.02 Å². The van der Waals surface area contributed by atoms with Crippen molar-refractivity contribution in [2.24, 2.45) is 4.99 Å². The minimum atomic E-state index is -4.23. The number of Topliss-reactive ketones (excluding diaryl/α,β-unsaturated/α-hetero) is 1. The highest BCUT2D eigenvalue weighted by Crippen LogP contribution is 2.36. The lowest BCUT2D eigenvalue weighted by Gasteiger charge is -2.10. The number of thioether (sulfide) groups is 2. The predicted octanol–water partition coefficient (Wildman–Crippen LogP) is 5.67. The first-order valence-corrected chi connectivity index (χ1v) is 8.60. The van der Waals surface area contributed by atoms with Gasteiger partial charge in [0.1, 0.15) is 5.78 Å². The Bertz CT molecular complexity index is 588. The van der Waals surface area contributed by atoms with E-state index >= 15 is 0 Å². The van der Waals surface area contributed by atoms with E-state index in [2.05, 4.69) is 4.99 Å². The number of ketones is 1. The molecule has 1 aromatic carbocycles. The van der Waals surface area contributed by atoms with Gasteiger partial charge in [0.25, 0.3) is 0 Å². The molecule has 0 fully saturated rings. The van der Waals surface area contributed by atoms with Crippen molar-refractivity contribution in [2.75, 3.05) is 11.5 Å². The van der Waals surface area contributed by atoms with Crippen molar-refractivity contribution < 1.29 is 18.0 Å². The van der Waals surface area contributed by atoms with Crippen LogP contribution in [0.15, 0.2) is 22.0 Å². The number of nitrogens with zero attached hydrogens (tertiary/aromatic N) is 1. The molecule has 0 spiro atoms. The van der Waals surface area contributed by atoms with Gasteiger partial charge in [0.05, 0.1) is 27.3 Å². The third kappa shape index (κ3) is 7.07. The van der Waals surface area contributed by atoms with E-state index < -0.39 is 11.9 Å². The summed E-state index contributed by atoms with van der Waals surface area (Å²) in [4.78, 5) is 15.7. The number of hydrogen-bond acceptors (Lipinski definition) is 4. The molecule has 0 atom stereocenters. The number of hydrogen-bond donors (Lipinski definition) is 0. The van der Waals surface area contributed by atoms with Gasteiger partial charge in [-0.2, -0.15) is 13.2 Å². The van der Waals surface area contributed by atoms with Gasteiger partial charge < -0.3 is 0 Å². The van der Waals surface area contributed by atoms with Crippen molar-refractivity contribution in [3.8, 4) is 0 Å². The second-order valence-electron chi connectivity index (χ2n) is 4.59. The number of halogens is 4. The Kier molecular flexibility index (Phi) is 7.28. The summed E-state index contributed by atoms with van der Waals surface area (Å²) >= 11 is 8.06. The van der Waals surface area contributed by atoms with Gasteiger partial charge in [-0.1, -0.05) is 11.6 Å². The average Bonchev–Trinajstić information content (AvgIpc) is 2.37. The highest BCUT2D eigenvalue weighted by atomic mass is 35.5. The Morgan fingerprint density at radius 1 is 1.32 bits per heavy atom. The minimum absolute atomic E-state index is 0.0241. The average molecular weight is 370 g/mol. The first-order valence-electron chi connectivity index (χ1n) is 6.25. The fraction of sp³-hybridized carbons (Fsp3) is 0.429. The number of aliphatic imine (C=N–C) groups is 1. The number of carbonyl (C=O) groups excluding carboxylic acids is 1. The third-order valence-electron chi connectivity index (χ3n) is 2.40. The van der Waals surface area contributed by atoms with E-state index in [4.69, 9.17) is 11.6 Å². The second kappa shape index (κ2) is 8.26. The SMILES string of the molecule is CC(=O)CSC(C)=Nc1cc(SCC(F)(F)F)c(C)cc1Cl. The highest BCUT2D eigenvalue weighted by Gasteiger charge is 2.27. The molecule has 0 aliphatic rings. The molecular formula is C14H15ClF3NOS2. The fourth-order valence-electron chi connectivity index (χ4n) is 1.45. The molecule has 122 valence electrons. The van der Waals surface area contributed by atoms with Crippen LogP contribution in [-0.2, 0) is 4.79 Å². The molecule has 0 radical (unpaired) electrons. The van der Waals surface area contributed by atoms with E-state index in [1.807, 2.05) is 0 Å². The molecule has 1 rings (SSSR count). The van der Waals surface area contributed by atoms with Crippen molar-refractivity contribution in [3.63, 3.8) is 0 Å². The minimum Gasteiger partial charge on any atom is -0.299 e. The molecular weight excluding hydrogens is 355 g/mol. The Labute approximate surface area is 140 Å². The summed E-state index contributed by atoms with van der Waals surface area (Å²) in [5, 5.41) is 1.00. The smallest absolute Gasteiger partial charge is 0.299 e. The quantitative estimate of drug-likeness (QED) is 0.380. The molecule has 0 amide bonds. The van der Waals surface area contributed by atoms with Crippen LogP contribution in [0.3, 0.4) is 0 Å². The number of alkyl halides is 3. The van der Waals surface area contributed by atoms with Gasteiger partial charge in [0.15, 0.2) is 0 Å². The summed E-state index contributed by atoms with van der Waals surface area (Å²) in [6, 6.07) is 3.15. The molecule has 0 aliphatic heterocycles. The number of aryl methyl sites for hydroxylation is 1. The van der Waals surface area contributed by atoms with Crippen molar-refractivity contribution >= 4 is 51.6 Å². The van der Waals surface area contributed by atoms with Crippen LogP contribution in [0.4, 0.5) is 18.9 Å². The predicted molar refractivity (Wildman–Crippen MR) is 88.9 cm³/mol. The topological polar surface area (TPSA) is 29.4 Å². The molecule has 8 heteroatoms. The van der Waals surface area contributed by atoms with Gasteiger partial charge in [0, 0.05) is 4.90 Å². The zero-order valence-corrected chi connectivity index (χ0v) is 14.6. The summed E-state index contributed by atoms with van der Waals surface area (Å²) in [6.07, 6.45) is -4.23. The lowest BCUT2D eigenvalue weighted by atomic mass is 10.2. The maximum absolute atomic E-state index is 12.3. The Hall–Kier alpha value is -0.660. The molecule has 0 bridgehead atoms. The largest absolute Gasteiger partial charge is 0.398 e. The maximum Gasteiger partial charge on any atom is 0.398 e. The molecule has 1 aromatic rings. The zero-order chi connectivity index (χ0) is 16.9. The van der Waals surface area contributed by atoms with Crippen LogP contribution in [0.25, 0.3) is 0 Å². The van der Waals surface area contributed by atoms with Gasteiger partial charge in [-0.25, -0.2) is 4.99 Å². The fourth-order valence-corrected chi connectivity index (χ4v) is 3.09. The van der Waals surface area contributed by atoms with Gasteiger partial charge in [-0.05, 0) is 38.5 Å². The lowest BCUT2D eigenvalue weighted by molar-refractivity contribution is -0.114. The van der Waals surface area contributed by atoms with Crippen molar-refractivity contribution in [1.29, 1.82) is 0 Å².